The molecule has 1 fully saturated rings. The second kappa shape index (κ2) is 9.32. The number of hydrogen-bond donors (Lipinski definition) is 5. The van der Waals surface area contributed by atoms with E-state index in [-0.39, 0.29) is 40.6 Å². The molecule has 7 N–H and O–H groups in total. The zero-order valence-corrected chi connectivity index (χ0v) is 18.4. The van der Waals surface area contributed by atoms with Crippen LogP contribution in [-0.4, -0.2) is 25.2 Å². The van der Waals surface area contributed by atoms with E-state index in [2.05, 4.69) is 21.2 Å². The van der Waals surface area contributed by atoms with E-state index < -0.39 is 17.5 Å². The Bertz CT molecular complexity index is 996. The van der Waals surface area contributed by atoms with Crippen molar-refractivity contribution in [3.63, 3.8) is 0 Å². The molecule has 2 aliphatic rings. The number of hydrogen-bond acceptors (Lipinski definition) is 7. The third-order valence-electron chi connectivity index (χ3n) is 5.25. The Kier molecular flexibility index (Phi) is 7.11. The van der Waals surface area contributed by atoms with Gasteiger partial charge in [0.2, 0.25) is 11.7 Å². The lowest BCUT2D eigenvalue weighted by Crippen LogP contribution is -2.50. The Morgan fingerprint density at radius 2 is 1.78 bits per heavy atom. The fourth-order valence-electron chi connectivity index (χ4n) is 3.69. The highest BCUT2D eigenvalue weighted by Crippen LogP contribution is 2.43. The van der Waals surface area contributed by atoms with Crippen molar-refractivity contribution < 1.29 is 17.9 Å². The minimum Gasteiger partial charge on any atom is -0.490 e. The number of nitrogens with one attached hydrogen (secondary N) is 3. The summed E-state index contributed by atoms with van der Waals surface area (Å²) in [6, 6.07) is 8.71. The van der Waals surface area contributed by atoms with Gasteiger partial charge in [0, 0.05) is 16.1 Å². The fourth-order valence-corrected chi connectivity index (χ4v) is 4.02. The quantitative estimate of drug-likeness (QED) is 0.450. The first-order valence-electron chi connectivity index (χ1n) is 9.72. The second-order valence-corrected chi connectivity index (χ2v) is 7.89. The van der Waals surface area contributed by atoms with Crippen LogP contribution >= 0.6 is 24.0 Å². The average Bonchev–Trinajstić information content (AvgIpc) is 3.08. The summed E-state index contributed by atoms with van der Waals surface area (Å²) in [5.74, 6) is -1.11. The molecule has 0 spiro atoms. The lowest BCUT2D eigenvalue weighted by molar-refractivity contribution is -0.137. The zero-order chi connectivity index (χ0) is 22.2. The largest absolute Gasteiger partial charge is 0.490 e. The number of guanidine groups is 1. The lowest BCUT2D eigenvalue weighted by Gasteiger charge is -2.25. The number of aliphatic imine (C=N–C) groups is 1. The molecule has 0 saturated carbocycles. The summed E-state index contributed by atoms with van der Waals surface area (Å²) in [5, 5.41) is 3.15. The normalized spacial score (nSPS) is 21.5. The van der Waals surface area contributed by atoms with Gasteiger partial charge in [-0.25, -0.2) is 4.99 Å². The zero-order valence-electron chi connectivity index (χ0n) is 16.8. The van der Waals surface area contributed by atoms with Crippen LogP contribution in [-0.2, 0) is 12.0 Å². The maximum absolute atomic E-state index is 13.9. The highest BCUT2D eigenvalue weighted by molar-refractivity contribution is 6.33. The van der Waals surface area contributed by atoms with Crippen molar-refractivity contribution in [1.82, 2.24) is 16.2 Å². The summed E-state index contributed by atoms with van der Waals surface area (Å²) >= 11 is 6.33. The predicted molar refractivity (Wildman–Crippen MR) is 119 cm³/mol. The monoisotopic (exact) mass is 490 g/mol. The van der Waals surface area contributed by atoms with Crippen molar-refractivity contribution >= 4 is 30.0 Å². The van der Waals surface area contributed by atoms with Crippen LogP contribution in [0.4, 0.5) is 13.2 Å². The standard InChI is InChI=1S/C20H22ClF3N6O.ClH/c21-16-10-12(20(26)28-18(25)29-30-20)9-15(19(22,23)24)17(16)11-1-3-13(4-2-11)31-14-5-7-27-8-6-14;/h1-4,9-10,14,27,30H,5-8,26H2,(H3,25,28,29);1H. The molecule has 1 unspecified atom stereocenters. The molecule has 0 amide bonds. The van der Waals surface area contributed by atoms with Crippen molar-refractivity contribution in [3.8, 4) is 16.9 Å². The summed E-state index contributed by atoms with van der Waals surface area (Å²) in [5.41, 5.74) is 15.9. The molecule has 0 aliphatic carbocycles. The molecule has 174 valence electrons. The van der Waals surface area contributed by atoms with E-state index in [0.717, 1.165) is 32.0 Å². The molecule has 1 atom stereocenters. The van der Waals surface area contributed by atoms with Gasteiger partial charge in [0.1, 0.15) is 11.9 Å². The van der Waals surface area contributed by atoms with E-state index in [1.807, 2.05) is 0 Å². The minimum atomic E-state index is -4.67. The molecule has 0 radical (unpaired) electrons. The van der Waals surface area contributed by atoms with Crippen molar-refractivity contribution in [2.24, 2.45) is 16.5 Å². The van der Waals surface area contributed by atoms with E-state index in [4.69, 9.17) is 27.8 Å². The van der Waals surface area contributed by atoms with Gasteiger partial charge in [0.05, 0.1) is 5.56 Å². The molecule has 7 nitrogen and oxygen atoms in total. The number of benzene rings is 2. The summed E-state index contributed by atoms with van der Waals surface area (Å²) in [6.07, 6.45) is -2.83. The number of ether oxygens (including phenoxy) is 1. The third kappa shape index (κ3) is 5.05. The average molecular weight is 491 g/mol. The van der Waals surface area contributed by atoms with Gasteiger partial charge in [-0.15, -0.1) is 12.4 Å². The molecule has 12 heteroatoms. The van der Waals surface area contributed by atoms with E-state index in [0.29, 0.717) is 11.3 Å². The molecule has 2 aromatic rings. The van der Waals surface area contributed by atoms with Crippen LogP contribution < -0.4 is 32.4 Å². The van der Waals surface area contributed by atoms with Crippen LogP contribution in [0.25, 0.3) is 11.1 Å². The first-order chi connectivity index (χ1) is 14.7. The van der Waals surface area contributed by atoms with Crippen LogP contribution in [0.2, 0.25) is 5.02 Å². The second-order valence-electron chi connectivity index (χ2n) is 7.48. The Labute approximate surface area is 194 Å². The first-order valence-corrected chi connectivity index (χ1v) is 10.1. The SMILES string of the molecule is Cl.NC1=NC(N)(c2cc(Cl)c(-c3ccc(OC4CCNCC4)cc3)c(C(F)(F)F)c2)NN1. The van der Waals surface area contributed by atoms with Crippen LogP contribution in [0.5, 0.6) is 5.75 Å². The van der Waals surface area contributed by atoms with Crippen molar-refractivity contribution in [3.05, 3.63) is 52.5 Å². The summed E-state index contributed by atoms with van der Waals surface area (Å²) in [4.78, 5) is 3.93. The number of nitrogens with two attached hydrogens (primary N) is 2. The maximum Gasteiger partial charge on any atom is 0.417 e. The molecule has 1 saturated heterocycles. The van der Waals surface area contributed by atoms with Gasteiger partial charge in [-0.2, -0.15) is 18.6 Å². The molecular weight excluding hydrogens is 468 g/mol. The molecule has 2 aromatic carbocycles. The predicted octanol–water partition coefficient (Wildman–Crippen LogP) is 3.07. The Morgan fingerprint density at radius 3 is 2.34 bits per heavy atom. The van der Waals surface area contributed by atoms with Gasteiger partial charge in [-0.3, -0.25) is 11.2 Å². The van der Waals surface area contributed by atoms with Crippen LogP contribution in [0.1, 0.15) is 24.0 Å². The van der Waals surface area contributed by atoms with Crippen LogP contribution in [0.15, 0.2) is 41.4 Å². The van der Waals surface area contributed by atoms with Crippen molar-refractivity contribution in [2.45, 2.75) is 30.9 Å². The van der Waals surface area contributed by atoms with E-state index in [1.54, 1.807) is 24.3 Å². The lowest BCUT2D eigenvalue weighted by atomic mass is 9.95. The molecular formula is C20H23Cl2F3N6O. The highest BCUT2D eigenvalue weighted by atomic mass is 35.5. The maximum atomic E-state index is 13.9. The van der Waals surface area contributed by atoms with Gasteiger partial charge in [-0.1, -0.05) is 23.7 Å². The van der Waals surface area contributed by atoms with Gasteiger partial charge in [-0.05, 0) is 55.8 Å². The summed E-state index contributed by atoms with van der Waals surface area (Å²) in [6.45, 7) is 1.75. The Hall–Kier alpha value is -2.24. The topological polar surface area (TPSA) is 110 Å². The number of rotatable bonds is 4. The first kappa shape index (κ1) is 24.4. The number of nitrogens with zero attached hydrogens (tertiary/aromatic N) is 1. The molecule has 4 rings (SSSR count). The smallest absolute Gasteiger partial charge is 0.417 e. The number of alkyl halides is 3. The molecule has 2 aliphatic heterocycles. The Balaban J connectivity index is 0.00000289. The van der Waals surface area contributed by atoms with Gasteiger partial charge >= 0.3 is 6.18 Å². The number of halogens is 5. The molecule has 0 aromatic heterocycles. The van der Waals surface area contributed by atoms with E-state index in [9.17, 15) is 13.2 Å². The molecule has 0 bridgehead atoms. The fraction of sp³-hybridized carbons (Fsp3) is 0.350. The molecule has 32 heavy (non-hydrogen) atoms. The number of hydrazine groups is 1. The highest BCUT2D eigenvalue weighted by Gasteiger charge is 2.39. The van der Waals surface area contributed by atoms with Crippen molar-refractivity contribution in [1.29, 1.82) is 0 Å². The Morgan fingerprint density at radius 1 is 1.12 bits per heavy atom. The van der Waals surface area contributed by atoms with E-state index >= 15 is 0 Å². The van der Waals surface area contributed by atoms with E-state index in [1.165, 1.54) is 6.07 Å². The minimum absolute atomic E-state index is 0. The van der Waals surface area contributed by atoms with Gasteiger partial charge < -0.3 is 15.8 Å². The third-order valence-corrected chi connectivity index (χ3v) is 5.54. The van der Waals surface area contributed by atoms with Crippen LogP contribution in [0, 0.1) is 0 Å². The van der Waals surface area contributed by atoms with Crippen LogP contribution in [0.3, 0.4) is 0 Å². The summed E-state index contributed by atoms with van der Waals surface area (Å²) < 4.78 is 47.8. The van der Waals surface area contributed by atoms with Gasteiger partial charge in [0.15, 0.2) is 0 Å². The van der Waals surface area contributed by atoms with Crippen molar-refractivity contribution in [2.75, 3.05) is 13.1 Å². The molecule has 2 heterocycles. The number of piperidine rings is 1. The summed E-state index contributed by atoms with van der Waals surface area (Å²) in [7, 11) is 0. The van der Waals surface area contributed by atoms with Gasteiger partial charge in [0.25, 0.3) is 0 Å².